The lowest BCUT2D eigenvalue weighted by molar-refractivity contribution is -0.129. The maximum atomic E-state index is 13.1. The minimum Gasteiger partial charge on any atom is -0.383 e. The van der Waals surface area contributed by atoms with Gasteiger partial charge < -0.3 is 20.4 Å². The smallest absolute Gasteiger partial charge is 0.273 e. The van der Waals surface area contributed by atoms with Crippen molar-refractivity contribution >= 4 is 23.6 Å². The van der Waals surface area contributed by atoms with E-state index in [9.17, 15) is 9.59 Å². The summed E-state index contributed by atoms with van der Waals surface area (Å²) in [4.78, 5) is 39.4. The Kier molecular flexibility index (Phi) is 4.32. The van der Waals surface area contributed by atoms with Gasteiger partial charge in [0.1, 0.15) is 11.5 Å². The van der Waals surface area contributed by atoms with E-state index in [1.165, 1.54) is 0 Å². The molecule has 0 aliphatic carbocycles. The molecule has 142 valence electrons. The molecular weight excluding hydrogens is 332 g/mol. The SMILES string of the molecule is CC(C)N1C(=O)c2nc(N3CCN(C)C(=O)C3)nc(N)c2C1C(C)(C)C. The van der Waals surface area contributed by atoms with Gasteiger partial charge in [0.2, 0.25) is 11.9 Å². The van der Waals surface area contributed by atoms with Crippen molar-refractivity contribution in [2.45, 2.75) is 46.7 Å². The number of nitrogens with zero attached hydrogens (tertiary/aromatic N) is 5. The van der Waals surface area contributed by atoms with Gasteiger partial charge in [0.15, 0.2) is 0 Å². The van der Waals surface area contributed by atoms with Crippen molar-refractivity contribution in [1.82, 2.24) is 19.8 Å². The highest BCUT2D eigenvalue weighted by Gasteiger charge is 2.47. The largest absolute Gasteiger partial charge is 0.383 e. The van der Waals surface area contributed by atoms with Crippen LogP contribution in [0, 0.1) is 5.41 Å². The third-order valence-corrected chi connectivity index (χ3v) is 5.07. The Balaban J connectivity index is 2.06. The molecule has 1 atom stereocenters. The summed E-state index contributed by atoms with van der Waals surface area (Å²) in [7, 11) is 1.77. The number of carbonyl (C=O) groups is 2. The Morgan fingerprint density at radius 1 is 1.15 bits per heavy atom. The quantitative estimate of drug-likeness (QED) is 0.854. The molecule has 3 rings (SSSR count). The number of anilines is 2. The van der Waals surface area contributed by atoms with E-state index in [1.807, 2.05) is 18.7 Å². The molecule has 2 aliphatic heterocycles. The summed E-state index contributed by atoms with van der Waals surface area (Å²) in [6, 6.07) is -0.151. The molecular formula is C18H28N6O2. The zero-order chi connectivity index (χ0) is 19.4. The lowest BCUT2D eigenvalue weighted by Crippen LogP contribution is -2.49. The second-order valence-electron chi connectivity index (χ2n) is 8.48. The van der Waals surface area contributed by atoms with Crippen molar-refractivity contribution in [1.29, 1.82) is 0 Å². The zero-order valence-electron chi connectivity index (χ0n) is 16.4. The number of rotatable bonds is 2. The topological polar surface area (TPSA) is 95.7 Å². The predicted molar refractivity (Wildman–Crippen MR) is 99.8 cm³/mol. The fourth-order valence-electron chi connectivity index (χ4n) is 3.74. The van der Waals surface area contributed by atoms with Crippen LogP contribution in [0.3, 0.4) is 0 Å². The van der Waals surface area contributed by atoms with Crippen molar-refractivity contribution < 1.29 is 9.59 Å². The first-order valence-electron chi connectivity index (χ1n) is 9.01. The Labute approximate surface area is 154 Å². The van der Waals surface area contributed by atoms with E-state index in [-0.39, 0.29) is 35.9 Å². The van der Waals surface area contributed by atoms with Crippen LogP contribution in [0.15, 0.2) is 0 Å². The molecule has 26 heavy (non-hydrogen) atoms. The highest BCUT2D eigenvalue weighted by Crippen LogP contribution is 2.47. The van der Waals surface area contributed by atoms with E-state index in [0.717, 1.165) is 0 Å². The first-order valence-corrected chi connectivity index (χ1v) is 9.01. The standard InChI is InChI=1S/C18H28N6O2/c1-10(2)24-14(18(3,4)5)12-13(16(24)26)20-17(21-15(12)19)23-8-7-22(6)11(25)9-23/h10,14H,7-9H2,1-6H3,(H2,19,20,21). The number of amides is 2. The molecule has 0 saturated carbocycles. The second kappa shape index (κ2) is 6.10. The monoisotopic (exact) mass is 360 g/mol. The molecule has 8 heteroatoms. The lowest BCUT2D eigenvalue weighted by atomic mass is 9.82. The molecule has 0 bridgehead atoms. The summed E-state index contributed by atoms with van der Waals surface area (Å²) in [5.74, 6) is 0.564. The van der Waals surface area contributed by atoms with Gasteiger partial charge in [-0.2, -0.15) is 4.98 Å². The highest BCUT2D eigenvalue weighted by atomic mass is 16.2. The molecule has 0 aromatic carbocycles. The van der Waals surface area contributed by atoms with E-state index in [1.54, 1.807) is 16.8 Å². The molecule has 2 N–H and O–H groups in total. The summed E-state index contributed by atoms with van der Waals surface area (Å²) >= 11 is 0. The molecule has 1 aromatic rings. The van der Waals surface area contributed by atoms with Crippen molar-refractivity contribution in [3.8, 4) is 0 Å². The zero-order valence-corrected chi connectivity index (χ0v) is 16.4. The van der Waals surface area contributed by atoms with Crippen molar-refractivity contribution in [2.24, 2.45) is 5.41 Å². The van der Waals surface area contributed by atoms with E-state index in [4.69, 9.17) is 5.73 Å². The molecule has 1 fully saturated rings. The molecule has 0 radical (unpaired) electrons. The van der Waals surface area contributed by atoms with Gasteiger partial charge in [0.05, 0.1) is 12.6 Å². The van der Waals surface area contributed by atoms with E-state index >= 15 is 0 Å². The second-order valence-corrected chi connectivity index (χ2v) is 8.48. The number of fused-ring (bicyclic) bond motifs is 1. The highest BCUT2D eigenvalue weighted by molar-refractivity contribution is 5.99. The molecule has 1 saturated heterocycles. The first-order chi connectivity index (χ1) is 12.0. The van der Waals surface area contributed by atoms with Gasteiger partial charge in [-0.15, -0.1) is 0 Å². The van der Waals surface area contributed by atoms with Crippen LogP contribution in [0.5, 0.6) is 0 Å². The van der Waals surface area contributed by atoms with Gasteiger partial charge in [0, 0.05) is 31.7 Å². The average molecular weight is 360 g/mol. The molecule has 1 aromatic heterocycles. The number of likely N-dealkylation sites (N-methyl/N-ethyl adjacent to an activating group) is 1. The Morgan fingerprint density at radius 3 is 2.35 bits per heavy atom. The number of nitrogens with two attached hydrogens (primary N) is 1. The average Bonchev–Trinajstić information content (AvgIpc) is 2.84. The minimum atomic E-state index is -0.200. The van der Waals surface area contributed by atoms with Gasteiger partial charge in [-0.05, 0) is 19.3 Å². The van der Waals surface area contributed by atoms with Crippen LogP contribution in [0.25, 0.3) is 0 Å². The van der Waals surface area contributed by atoms with Gasteiger partial charge in [-0.1, -0.05) is 20.8 Å². The Hall–Kier alpha value is -2.38. The van der Waals surface area contributed by atoms with Crippen LogP contribution in [0.1, 0.15) is 56.7 Å². The fraction of sp³-hybridized carbons (Fsp3) is 0.667. The maximum absolute atomic E-state index is 13.1. The van der Waals surface area contributed by atoms with Crippen molar-refractivity contribution in [2.75, 3.05) is 37.3 Å². The van der Waals surface area contributed by atoms with Gasteiger partial charge >= 0.3 is 0 Å². The van der Waals surface area contributed by atoms with E-state index in [0.29, 0.717) is 36.1 Å². The first kappa shape index (κ1) is 18.4. The van der Waals surface area contributed by atoms with E-state index in [2.05, 4.69) is 30.7 Å². The van der Waals surface area contributed by atoms with Crippen LogP contribution >= 0.6 is 0 Å². The van der Waals surface area contributed by atoms with Crippen molar-refractivity contribution in [3.63, 3.8) is 0 Å². The maximum Gasteiger partial charge on any atom is 0.273 e. The molecule has 8 nitrogen and oxygen atoms in total. The lowest BCUT2D eigenvalue weighted by Gasteiger charge is -2.38. The summed E-state index contributed by atoms with van der Waals surface area (Å²) < 4.78 is 0. The molecule has 2 aliphatic rings. The van der Waals surface area contributed by atoms with Gasteiger partial charge in [0.25, 0.3) is 5.91 Å². The summed E-state index contributed by atoms with van der Waals surface area (Å²) in [5, 5.41) is 0. The number of carbonyl (C=O) groups excluding carboxylic acids is 2. The number of hydrogen-bond acceptors (Lipinski definition) is 6. The van der Waals surface area contributed by atoms with Gasteiger partial charge in [-0.3, -0.25) is 9.59 Å². The third kappa shape index (κ3) is 2.87. The Bertz CT molecular complexity index is 755. The van der Waals surface area contributed by atoms with Crippen molar-refractivity contribution in [3.05, 3.63) is 11.3 Å². The van der Waals surface area contributed by atoms with Crippen LogP contribution in [0.4, 0.5) is 11.8 Å². The number of piperazine rings is 1. The summed E-state index contributed by atoms with van der Waals surface area (Å²) in [6.45, 7) is 11.6. The predicted octanol–water partition coefficient (Wildman–Crippen LogP) is 1.29. The molecule has 1 unspecified atom stereocenters. The number of nitrogen functional groups attached to an aromatic ring is 1. The molecule has 0 spiro atoms. The van der Waals surface area contributed by atoms with Crippen LogP contribution < -0.4 is 10.6 Å². The van der Waals surface area contributed by atoms with Crippen LogP contribution in [0.2, 0.25) is 0 Å². The number of hydrogen-bond donors (Lipinski definition) is 1. The summed E-state index contributed by atoms with van der Waals surface area (Å²) in [6.07, 6.45) is 0. The molecule has 3 heterocycles. The normalized spacial score (nSPS) is 21.0. The third-order valence-electron chi connectivity index (χ3n) is 5.07. The minimum absolute atomic E-state index is 0.00150. The van der Waals surface area contributed by atoms with E-state index < -0.39 is 0 Å². The van der Waals surface area contributed by atoms with Crippen LogP contribution in [-0.2, 0) is 4.79 Å². The number of aromatic nitrogens is 2. The van der Waals surface area contributed by atoms with Gasteiger partial charge in [-0.25, -0.2) is 4.98 Å². The van der Waals surface area contributed by atoms with Crippen LogP contribution in [-0.4, -0.2) is 64.3 Å². The Morgan fingerprint density at radius 2 is 1.81 bits per heavy atom. The fourth-order valence-corrected chi connectivity index (χ4v) is 3.74. The molecule has 2 amide bonds. The summed E-state index contributed by atoms with van der Waals surface area (Å²) in [5.41, 5.74) is 7.18.